The van der Waals surface area contributed by atoms with Gasteiger partial charge in [-0.05, 0) is 517 Å². The van der Waals surface area contributed by atoms with E-state index < -0.39 is 10.8 Å². The third kappa shape index (κ3) is 10.7. The molecule has 3 heterocycles. The normalized spacial score (nSPS) is 17.6. The zero-order valence-corrected chi connectivity index (χ0v) is 78.4. The van der Waals surface area contributed by atoms with Gasteiger partial charge in [0.15, 0.2) is 0 Å². The number of rotatable bonds is 0. The van der Waals surface area contributed by atoms with Crippen LogP contribution in [0.25, 0.3) is 51.7 Å². The fourth-order valence-electron chi connectivity index (χ4n) is 23.7. The Morgan fingerprint density at radius 2 is 0.513 bits per heavy atom. The molecule has 0 saturated heterocycles. The first kappa shape index (κ1) is 81.3. The van der Waals surface area contributed by atoms with E-state index in [4.69, 9.17) is 9.47 Å². The van der Waals surface area contributed by atoms with Crippen molar-refractivity contribution in [1.29, 1.82) is 0 Å². The maximum atomic E-state index is 6.57. The molecule has 2 nitrogen and oxygen atoms in total. The Morgan fingerprint density at radius 1 is 0.231 bits per heavy atom. The van der Waals surface area contributed by atoms with Crippen LogP contribution in [0.4, 0.5) is 0 Å². The molecule has 9 aromatic carbocycles. The Morgan fingerprint density at radius 3 is 0.863 bits per heavy atom. The standard InChI is InChI=1S/2C38H42O.C38H42S/c1-19-21(3)27(9)35-33(23(19)5)25(7)26(8)34-24(6)20(2)22(4)28(10)36(34)38(35)15-16-39-32-18-30-29(17-31(32)38)13-14-37(30,11)12;1-19-21(3)27(9)33-31(23(19)5)25(7)26(8)32-24(6)20(2)22(4)28(10)34(32)38(33)17-18-39-36-30(38)14-13-29-15-16-37(11,12)35(29)36;1-19-21(3)27(9)35-33(23(19)5)25(7)26(8)34-24(6)20(2)22(4)28(10)36(34)38(35)15-16-39-32-18-30-29(17-31(32)38)13-14-37(30,11)12/h3*13-18H,1-12H3. The van der Waals surface area contributed by atoms with Gasteiger partial charge < -0.3 is 9.47 Å². The van der Waals surface area contributed by atoms with Crippen LogP contribution in [0.3, 0.4) is 0 Å². The van der Waals surface area contributed by atoms with Gasteiger partial charge in [-0.3, -0.25) is 0 Å². The maximum Gasteiger partial charge on any atom is 0.135 e. The molecule has 117 heavy (non-hydrogen) atoms. The van der Waals surface area contributed by atoms with Gasteiger partial charge in [0.2, 0.25) is 0 Å². The van der Waals surface area contributed by atoms with E-state index in [0.717, 1.165) is 11.5 Å². The van der Waals surface area contributed by atoms with Gasteiger partial charge in [0.05, 0.1) is 28.8 Å². The predicted octanol–water partition coefficient (Wildman–Crippen LogP) is 30.6. The van der Waals surface area contributed by atoms with Gasteiger partial charge in [0.25, 0.3) is 0 Å². The van der Waals surface area contributed by atoms with Crippen LogP contribution >= 0.6 is 11.8 Å². The first-order valence-electron chi connectivity index (χ1n) is 43.1. The van der Waals surface area contributed by atoms with E-state index in [1.807, 2.05) is 24.3 Å². The predicted molar refractivity (Wildman–Crippen MR) is 507 cm³/mol. The Kier molecular flexibility index (Phi) is 18.8. The zero-order chi connectivity index (χ0) is 85.0. The van der Waals surface area contributed by atoms with Crippen molar-refractivity contribution in [2.24, 2.45) is 0 Å². The number of thioether (sulfide) groups is 1. The number of fused-ring (bicyclic) bond motifs is 22. The molecule has 3 spiro atoms. The quantitative estimate of drug-likeness (QED) is 0.151. The molecule has 6 aliphatic carbocycles. The Hall–Kier alpha value is -9.41. The second-order valence-corrected chi connectivity index (χ2v) is 39.8. The summed E-state index contributed by atoms with van der Waals surface area (Å²) in [5.74, 6) is 2.01. The fourth-order valence-corrected chi connectivity index (χ4v) is 24.7. The Labute approximate surface area is 707 Å². The van der Waals surface area contributed by atoms with Crippen LogP contribution < -0.4 is 9.47 Å². The Bertz CT molecular complexity index is 5930. The molecule has 3 heteroatoms. The number of allylic oxidation sites excluding steroid dienone is 12. The summed E-state index contributed by atoms with van der Waals surface area (Å²) in [7, 11) is 0. The van der Waals surface area contributed by atoms with E-state index in [1.54, 1.807) is 0 Å². The van der Waals surface area contributed by atoms with Gasteiger partial charge >= 0.3 is 0 Å². The second kappa shape index (κ2) is 27.1. The summed E-state index contributed by atoms with van der Waals surface area (Å²) >= 11 is 1.89. The lowest BCUT2D eigenvalue weighted by molar-refractivity contribution is 0.429. The van der Waals surface area contributed by atoms with Crippen molar-refractivity contribution in [3.05, 3.63) is 341 Å². The highest BCUT2D eigenvalue weighted by Gasteiger charge is 2.53. The molecule has 9 aliphatic rings. The number of benzene rings is 9. The average molecular weight is 1560 g/mol. The van der Waals surface area contributed by atoms with Crippen molar-refractivity contribution >= 4 is 63.4 Å². The van der Waals surface area contributed by atoms with E-state index >= 15 is 0 Å². The molecule has 0 amide bonds. The summed E-state index contributed by atoms with van der Waals surface area (Å²) in [6, 6.07) is 14.5. The number of hydrogen-bond donors (Lipinski definition) is 0. The van der Waals surface area contributed by atoms with E-state index in [9.17, 15) is 0 Å². The van der Waals surface area contributed by atoms with Gasteiger partial charge in [0, 0.05) is 37.8 Å². The third-order valence-corrected chi connectivity index (χ3v) is 33.7. The molecule has 9 aromatic rings. The largest absolute Gasteiger partial charge is 0.465 e. The highest BCUT2D eigenvalue weighted by atomic mass is 32.2. The summed E-state index contributed by atoms with van der Waals surface area (Å²) in [4.78, 5) is 1.40. The Balaban J connectivity index is 0.000000131. The molecule has 600 valence electrons. The average Bonchev–Trinajstić information content (AvgIpc) is 1.60. The second-order valence-electron chi connectivity index (χ2n) is 38.9. The van der Waals surface area contributed by atoms with Crippen LogP contribution in [0, 0.1) is 166 Å². The molecule has 0 aromatic heterocycles. The SMILES string of the molecule is CC1=C(C)c2c(C)c(C)c(C)c(C)c2C2(C=COc3c2ccc2c3C(C)(C)C=C2)c2c(C)c(C)c(C)c(C)c21.CC1=C(C)c2c(C)c(C)c(C)c(C)c2C2(C=COc3cc4c(cc32)C=CC4(C)C)c2c(C)c(C)c(C)c(C)c21.CC1=C(C)c2c(C)c(C)c(C)c(C)c2C2(C=CSc3cc4c(cc32)C=CC4(C)C)c2c(C)c(C)c(C)c(C)c21. The van der Waals surface area contributed by atoms with Crippen LogP contribution in [0.15, 0.2) is 95.7 Å². The van der Waals surface area contributed by atoms with Crippen molar-refractivity contribution in [3.8, 4) is 11.5 Å². The summed E-state index contributed by atoms with van der Waals surface area (Å²) in [6.07, 6.45) is 25.2. The van der Waals surface area contributed by atoms with E-state index in [0.29, 0.717) is 0 Å². The maximum absolute atomic E-state index is 6.57. The van der Waals surface area contributed by atoms with Gasteiger partial charge in [-0.25, -0.2) is 0 Å². The zero-order valence-electron chi connectivity index (χ0n) is 77.6. The molecule has 3 aliphatic heterocycles. The summed E-state index contributed by atoms with van der Waals surface area (Å²) < 4.78 is 13.0. The van der Waals surface area contributed by atoms with Crippen molar-refractivity contribution < 1.29 is 9.47 Å². The lowest BCUT2D eigenvalue weighted by Gasteiger charge is -2.42. The molecule has 0 saturated carbocycles. The van der Waals surface area contributed by atoms with Gasteiger partial charge in [-0.2, -0.15) is 0 Å². The van der Waals surface area contributed by atoms with Crippen molar-refractivity contribution in [2.75, 3.05) is 0 Å². The number of ether oxygens (including phenoxy) is 2. The first-order valence-corrected chi connectivity index (χ1v) is 44.0. The van der Waals surface area contributed by atoms with Crippen LogP contribution in [-0.2, 0) is 32.5 Å². The molecule has 0 fully saturated rings. The molecule has 0 atom stereocenters. The minimum absolute atomic E-state index is 0.00351. The van der Waals surface area contributed by atoms with Crippen molar-refractivity contribution in [2.45, 2.75) is 287 Å². The molecule has 18 rings (SSSR count). The minimum Gasteiger partial charge on any atom is -0.465 e. The summed E-state index contributed by atoms with van der Waals surface area (Å²) in [5.41, 5.74) is 70.0. The van der Waals surface area contributed by atoms with Crippen molar-refractivity contribution in [3.63, 3.8) is 0 Å². The highest BCUT2D eigenvalue weighted by Crippen LogP contribution is 2.64. The highest BCUT2D eigenvalue weighted by molar-refractivity contribution is 8.02. The van der Waals surface area contributed by atoms with Crippen molar-refractivity contribution in [1.82, 2.24) is 0 Å². The molecular weight excluding hydrogens is 1430 g/mol. The van der Waals surface area contributed by atoms with Gasteiger partial charge in [-0.1, -0.05) is 108 Å². The smallest absolute Gasteiger partial charge is 0.135 e. The molecule has 0 bridgehead atoms. The third-order valence-electron chi connectivity index (χ3n) is 32.8. The molecule has 0 N–H and O–H groups in total. The monoisotopic (exact) mass is 1560 g/mol. The van der Waals surface area contributed by atoms with E-state index in [2.05, 4.69) is 346 Å². The summed E-state index contributed by atoms with van der Waals surface area (Å²) in [6.45, 7) is 83.9. The summed E-state index contributed by atoms with van der Waals surface area (Å²) in [5, 5.41) is 2.39. The van der Waals surface area contributed by atoms with Gasteiger partial charge in [-0.15, -0.1) is 0 Å². The fraction of sp³-hybridized carbons (Fsp3) is 0.368. The molecule has 0 radical (unpaired) electrons. The van der Waals surface area contributed by atoms with Crippen LogP contribution in [0.5, 0.6) is 11.5 Å². The molecule has 0 unspecified atom stereocenters. The van der Waals surface area contributed by atoms with Crippen LogP contribution in [0.1, 0.15) is 333 Å². The van der Waals surface area contributed by atoms with E-state index in [1.165, 1.54) is 289 Å². The lowest BCUT2D eigenvalue weighted by atomic mass is 9.61. The molecular formula is C114H126O2S. The van der Waals surface area contributed by atoms with Gasteiger partial charge in [0.1, 0.15) is 11.5 Å². The number of hydrogen-bond acceptors (Lipinski definition) is 3. The van der Waals surface area contributed by atoms with Crippen LogP contribution in [0.2, 0.25) is 0 Å². The van der Waals surface area contributed by atoms with Crippen LogP contribution in [-0.4, -0.2) is 0 Å². The van der Waals surface area contributed by atoms with E-state index in [-0.39, 0.29) is 21.7 Å². The first-order chi connectivity index (χ1) is 54.8. The topological polar surface area (TPSA) is 18.5 Å². The minimum atomic E-state index is -0.467. The lowest BCUT2D eigenvalue weighted by Crippen LogP contribution is -2.35.